The summed E-state index contributed by atoms with van der Waals surface area (Å²) >= 11 is 9.41. The molecule has 3 heteroatoms. The van der Waals surface area contributed by atoms with Gasteiger partial charge >= 0.3 is 0 Å². The second kappa shape index (κ2) is 3.26. The van der Waals surface area contributed by atoms with Gasteiger partial charge in [0.15, 0.2) is 0 Å². The van der Waals surface area contributed by atoms with Crippen molar-refractivity contribution in [1.82, 2.24) is 0 Å². The molecule has 0 saturated heterocycles. The lowest BCUT2D eigenvalue weighted by atomic mass is 10.1. The molecule has 2 aromatic carbocycles. The molecule has 1 aromatic heterocycles. The fourth-order valence-corrected chi connectivity index (χ4v) is 2.26. The molecule has 0 N–H and O–H groups in total. The number of benzene rings is 2. The SMILES string of the molecule is Clc1ccc2oc3ccc(Br)cc3c2c1. The van der Waals surface area contributed by atoms with Crippen LogP contribution in [-0.2, 0) is 0 Å². The van der Waals surface area contributed by atoms with Crippen LogP contribution in [0.3, 0.4) is 0 Å². The second-order valence-electron chi connectivity index (χ2n) is 3.38. The molecule has 0 aliphatic carbocycles. The molecular weight excluding hydrogens is 275 g/mol. The Morgan fingerprint density at radius 3 is 2.40 bits per heavy atom. The molecule has 0 amide bonds. The zero-order chi connectivity index (χ0) is 10.4. The number of hydrogen-bond donors (Lipinski definition) is 0. The van der Waals surface area contributed by atoms with Crippen LogP contribution in [0.1, 0.15) is 0 Å². The van der Waals surface area contributed by atoms with Crippen molar-refractivity contribution in [2.75, 3.05) is 0 Å². The van der Waals surface area contributed by atoms with Crippen molar-refractivity contribution in [3.05, 3.63) is 45.9 Å². The predicted molar refractivity (Wildman–Crippen MR) is 66.4 cm³/mol. The van der Waals surface area contributed by atoms with E-state index in [-0.39, 0.29) is 0 Å². The Morgan fingerprint density at radius 1 is 0.933 bits per heavy atom. The van der Waals surface area contributed by atoms with E-state index in [2.05, 4.69) is 15.9 Å². The van der Waals surface area contributed by atoms with Gasteiger partial charge in [0, 0.05) is 20.3 Å². The number of furan rings is 1. The molecule has 1 heterocycles. The topological polar surface area (TPSA) is 13.1 Å². The molecule has 0 atom stereocenters. The average Bonchev–Trinajstić information content (AvgIpc) is 2.56. The number of halogens is 2. The van der Waals surface area contributed by atoms with Crippen LogP contribution in [0.5, 0.6) is 0 Å². The first-order valence-corrected chi connectivity index (χ1v) is 5.68. The monoisotopic (exact) mass is 280 g/mol. The third-order valence-corrected chi connectivity index (χ3v) is 3.12. The Bertz CT molecular complexity index is 601. The fraction of sp³-hybridized carbons (Fsp3) is 0. The Hall–Kier alpha value is -0.990. The Morgan fingerprint density at radius 2 is 1.60 bits per heavy atom. The number of rotatable bonds is 0. The van der Waals surface area contributed by atoms with Crippen LogP contribution >= 0.6 is 27.5 Å². The third kappa shape index (κ3) is 1.45. The number of hydrogen-bond acceptors (Lipinski definition) is 1. The zero-order valence-electron chi connectivity index (χ0n) is 7.63. The first-order chi connectivity index (χ1) is 7.24. The maximum Gasteiger partial charge on any atom is 0.135 e. The minimum atomic E-state index is 0.727. The Balaban J connectivity index is 2.55. The van der Waals surface area contributed by atoms with Gasteiger partial charge in [-0.2, -0.15) is 0 Å². The highest BCUT2D eigenvalue weighted by molar-refractivity contribution is 9.10. The first kappa shape index (κ1) is 9.25. The van der Waals surface area contributed by atoms with Gasteiger partial charge in [-0.15, -0.1) is 0 Å². The summed E-state index contributed by atoms with van der Waals surface area (Å²) in [5.41, 5.74) is 1.75. The summed E-state index contributed by atoms with van der Waals surface area (Å²) in [5, 5.41) is 2.87. The Labute approximate surface area is 99.8 Å². The van der Waals surface area contributed by atoms with Gasteiger partial charge in [-0.1, -0.05) is 27.5 Å². The molecular formula is C12H6BrClO. The summed E-state index contributed by atoms with van der Waals surface area (Å²) in [6.07, 6.45) is 0. The minimum Gasteiger partial charge on any atom is -0.456 e. The van der Waals surface area contributed by atoms with E-state index in [1.165, 1.54) is 0 Å². The molecule has 0 bridgehead atoms. The molecule has 15 heavy (non-hydrogen) atoms. The predicted octanol–water partition coefficient (Wildman–Crippen LogP) is 5.00. The fourth-order valence-electron chi connectivity index (χ4n) is 1.72. The maximum absolute atomic E-state index is 5.96. The zero-order valence-corrected chi connectivity index (χ0v) is 9.97. The lowest BCUT2D eigenvalue weighted by Gasteiger charge is -1.91. The van der Waals surface area contributed by atoms with Crippen LogP contribution in [0.25, 0.3) is 21.9 Å². The summed E-state index contributed by atoms with van der Waals surface area (Å²) < 4.78 is 6.72. The highest BCUT2D eigenvalue weighted by Gasteiger charge is 2.06. The van der Waals surface area contributed by atoms with Crippen molar-refractivity contribution in [3.8, 4) is 0 Å². The van der Waals surface area contributed by atoms with Gasteiger partial charge in [0.2, 0.25) is 0 Å². The van der Waals surface area contributed by atoms with Gasteiger partial charge in [0.05, 0.1) is 0 Å². The number of fused-ring (bicyclic) bond motifs is 3. The van der Waals surface area contributed by atoms with E-state index < -0.39 is 0 Å². The van der Waals surface area contributed by atoms with Crippen LogP contribution in [0, 0.1) is 0 Å². The molecule has 3 aromatic rings. The summed E-state index contributed by atoms with van der Waals surface area (Å²) in [6, 6.07) is 11.6. The van der Waals surface area contributed by atoms with E-state index >= 15 is 0 Å². The highest BCUT2D eigenvalue weighted by Crippen LogP contribution is 2.32. The van der Waals surface area contributed by atoms with E-state index in [1.807, 2.05) is 36.4 Å². The highest BCUT2D eigenvalue weighted by atomic mass is 79.9. The quantitative estimate of drug-likeness (QED) is 0.565. The summed E-state index contributed by atoms with van der Waals surface area (Å²) in [4.78, 5) is 0. The minimum absolute atomic E-state index is 0.727. The van der Waals surface area contributed by atoms with Gasteiger partial charge in [-0.05, 0) is 36.4 Å². The van der Waals surface area contributed by atoms with Crippen molar-refractivity contribution < 1.29 is 4.42 Å². The normalized spacial score (nSPS) is 11.3. The van der Waals surface area contributed by atoms with Gasteiger partial charge < -0.3 is 4.42 Å². The van der Waals surface area contributed by atoms with Gasteiger partial charge in [-0.3, -0.25) is 0 Å². The van der Waals surface area contributed by atoms with Crippen molar-refractivity contribution in [3.63, 3.8) is 0 Å². The standard InChI is InChI=1S/C12H6BrClO/c13-7-1-3-11-9(5-7)10-6-8(14)2-4-12(10)15-11/h1-6H. The van der Waals surface area contributed by atoms with E-state index in [9.17, 15) is 0 Å². The summed E-state index contributed by atoms with van der Waals surface area (Å²) in [6.45, 7) is 0. The van der Waals surface area contributed by atoms with E-state index in [0.29, 0.717) is 0 Å². The molecule has 0 unspecified atom stereocenters. The molecule has 3 rings (SSSR count). The molecule has 0 radical (unpaired) electrons. The van der Waals surface area contributed by atoms with Gasteiger partial charge in [-0.25, -0.2) is 0 Å². The lowest BCUT2D eigenvalue weighted by Crippen LogP contribution is -1.67. The van der Waals surface area contributed by atoms with Crippen molar-refractivity contribution in [2.24, 2.45) is 0 Å². The van der Waals surface area contributed by atoms with E-state index in [0.717, 1.165) is 31.4 Å². The van der Waals surface area contributed by atoms with Crippen LogP contribution in [0.4, 0.5) is 0 Å². The van der Waals surface area contributed by atoms with Crippen molar-refractivity contribution in [2.45, 2.75) is 0 Å². The average molecular weight is 282 g/mol. The van der Waals surface area contributed by atoms with Crippen LogP contribution in [-0.4, -0.2) is 0 Å². The molecule has 0 aliphatic rings. The first-order valence-electron chi connectivity index (χ1n) is 4.51. The lowest BCUT2D eigenvalue weighted by molar-refractivity contribution is 0.669. The molecule has 0 spiro atoms. The molecule has 74 valence electrons. The molecule has 0 aliphatic heterocycles. The van der Waals surface area contributed by atoms with Gasteiger partial charge in [0.25, 0.3) is 0 Å². The van der Waals surface area contributed by atoms with Crippen molar-refractivity contribution >= 4 is 49.5 Å². The van der Waals surface area contributed by atoms with Crippen molar-refractivity contribution in [1.29, 1.82) is 0 Å². The molecule has 1 nitrogen and oxygen atoms in total. The van der Waals surface area contributed by atoms with E-state index in [1.54, 1.807) is 0 Å². The maximum atomic E-state index is 5.96. The van der Waals surface area contributed by atoms with E-state index in [4.69, 9.17) is 16.0 Å². The largest absolute Gasteiger partial charge is 0.456 e. The van der Waals surface area contributed by atoms with Gasteiger partial charge in [0.1, 0.15) is 11.2 Å². The van der Waals surface area contributed by atoms with Crippen LogP contribution in [0.2, 0.25) is 5.02 Å². The second-order valence-corrected chi connectivity index (χ2v) is 4.74. The van der Waals surface area contributed by atoms with Crippen LogP contribution in [0.15, 0.2) is 45.3 Å². The summed E-state index contributed by atoms with van der Waals surface area (Å²) in [5.74, 6) is 0. The molecule has 0 saturated carbocycles. The van der Waals surface area contributed by atoms with Crippen LogP contribution < -0.4 is 0 Å². The smallest absolute Gasteiger partial charge is 0.135 e. The summed E-state index contributed by atoms with van der Waals surface area (Å²) in [7, 11) is 0. The Kier molecular flexibility index (Phi) is 2.01. The third-order valence-electron chi connectivity index (χ3n) is 2.39. The molecule has 0 fully saturated rings.